The molecule has 1 fully saturated rings. The molecule has 1 aromatic heterocycles. The van der Waals surface area contributed by atoms with E-state index >= 15 is 0 Å². The molecule has 2 aliphatic heterocycles. The number of sulfonamides is 1. The molecular weight excluding hydrogens is 528 g/mol. The van der Waals surface area contributed by atoms with Crippen molar-refractivity contribution in [3.8, 4) is 11.5 Å². The van der Waals surface area contributed by atoms with Gasteiger partial charge in [0.1, 0.15) is 6.10 Å². The number of methoxy groups -OCH3 is 1. The van der Waals surface area contributed by atoms with E-state index in [9.17, 15) is 13.2 Å². The molecular formula is C31H30N2O6S. The van der Waals surface area contributed by atoms with E-state index in [1.807, 2.05) is 25.2 Å². The van der Waals surface area contributed by atoms with Gasteiger partial charge in [-0.05, 0) is 60.7 Å². The third-order valence-electron chi connectivity index (χ3n) is 9.05. The molecule has 1 spiro atoms. The molecule has 2 bridgehead atoms. The van der Waals surface area contributed by atoms with Gasteiger partial charge in [0.25, 0.3) is 0 Å². The summed E-state index contributed by atoms with van der Waals surface area (Å²) in [4.78, 5) is 15.4. The molecule has 4 atom stereocenters. The largest absolute Gasteiger partial charge is 0.493 e. The normalized spacial score (nSPS) is 26.6. The van der Waals surface area contributed by atoms with E-state index in [0.29, 0.717) is 36.5 Å². The zero-order chi connectivity index (χ0) is 27.6. The van der Waals surface area contributed by atoms with Gasteiger partial charge in [-0.25, -0.2) is 8.42 Å². The Kier molecular flexibility index (Phi) is 5.73. The molecule has 7 rings (SSSR count). The Bertz CT molecular complexity index is 1650. The Morgan fingerprint density at radius 1 is 1.18 bits per heavy atom. The van der Waals surface area contributed by atoms with Gasteiger partial charge in [-0.2, -0.15) is 4.31 Å². The fraction of sp³-hybridized carbons (Fsp3) is 0.323. The molecule has 206 valence electrons. The maximum Gasteiger partial charge on any atom is 0.246 e. The summed E-state index contributed by atoms with van der Waals surface area (Å²) in [6.07, 6.45) is 9.93. The van der Waals surface area contributed by atoms with Crippen molar-refractivity contribution in [2.75, 3.05) is 20.7 Å². The van der Waals surface area contributed by atoms with Crippen LogP contribution in [0.1, 0.15) is 29.5 Å². The topological polar surface area (TPSA) is 89.3 Å². The van der Waals surface area contributed by atoms with Gasteiger partial charge >= 0.3 is 0 Å². The third-order valence-corrected chi connectivity index (χ3v) is 11.0. The number of carbonyl (C=O) groups excluding carboxylic acids is 1. The summed E-state index contributed by atoms with van der Waals surface area (Å²) in [7, 11) is -0.270. The van der Waals surface area contributed by atoms with Crippen LogP contribution in [0.2, 0.25) is 0 Å². The maximum atomic E-state index is 13.9. The van der Waals surface area contributed by atoms with E-state index in [1.165, 1.54) is 0 Å². The zero-order valence-corrected chi connectivity index (χ0v) is 23.1. The van der Waals surface area contributed by atoms with Crippen molar-refractivity contribution in [1.82, 2.24) is 9.21 Å². The summed E-state index contributed by atoms with van der Waals surface area (Å²) < 4.78 is 47.0. The van der Waals surface area contributed by atoms with Crippen LogP contribution in [-0.2, 0) is 26.7 Å². The molecule has 3 heterocycles. The van der Waals surface area contributed by atoms with E-state index in [4.69, 9.17) is 13.9 Å². The van der Waals surface area contributed by atoms with Crippen LogP contribution < -0.4 is 9.47 Å². The molecule has 40 heavy (non-hydrogen) atoms. The lowest BCUT2D eigenvalue weighted by atomic mass is 9.56. The molecule has 1 amide bonds. The number of hydrogen-bond acceptors (Lipinski definition) is 6. The molecule has 4 aliphatic rings. The maximum absolute atomic E-state index is 13.9. The first-order valence-corrected chi connectivity index (χ1v) is 14.9. The second kappa shape index (κ2) is 9.11. The number of amides is 1. The van der Waals surface area contributed by atoms with Crippen LogP contribution in [0.15, 0.2) is 88.1 Å². The highest BCUT2D eigenvalue weighted by atomic mass is 32.2. The van der Waals surface area contributed by atoms with Crippen molar-refractivity contribution < 1.29 is 27.1 Å². The minimum absolute atomic E-state index is 0.136. The molecule has 0 N–H and O–H groups in total. The van der Waals surface area contributed by atoms with Crippen LogP contribution >= 0.6 is 0 Å². The van der Waals surface area contributed by atoms with Crippen molar-refractivity contribution in [3.05, 3.63) is 95.5 Å². The van der Waals surface area contributed by atoms with E-state index < -0.39 is 15.4 Å². The Labute approximate surface area is 233 Å². The molecule has 0 radical (unpaired) electrons. The first-order chi connectivity index (χ1) is 19.4. The fourth-order valence-corrected chi connectivity index (χ4v) is 8.86. The first-order valence-electron chi connectivity index (χ1n) is 13.5. The SMILES string of the molecule is COc1ccc2c3c1O[C@H]1[C@H](N(C)C(=O)/C=C/c4ccoc4)CC=C4[C@@H](C2)N(S(=O)(=O)c2ccccc2)CCC431. The van der Waals surface area contributed by atoms with Gasteiger partial charge in [0.2, 0.25) is 15.9 Å². The Hall–Kier alpha value is -3.82. The zero-order valence-electron chi connectivity index (χ0n) is 22.3. The number of hydrogen-bond donors (Lipinski definition) is 0. The molecule has 1 unspecified atom stereocenters. The van der Waals surface area contributed by atoms with Crippen molar-refractivity contribution in [2.45, 2.75) is 47.8 Å². The number of benzene rings is 2. The van der Waals surface area contributed by atoms with Crippen LogP contribution in [0.3, 0.4) is 0 Å². The third kappa shape index (κ3) is 3.47. The van der Waals surface area contributed by atoms with Crippen molar-refractivity contribution in [1.29, 1.82) is 0 Å². The van der Waals surface area contributed by atoms with Gasteiger partial charge in [-0.3, -0.25) is 4.79 Å². The monoisotopic (exact) mass is 558 g/mol. The summed E-state index contributed by atoms with van der Waals surface area (Å²) >= 11 is 0. The standard InChI is InChI=1S/C31H30N2O6S/c1-32(27(34)13-8-20-14-17-38-19-20)24-11-10-23-25-18-21-9-12-26(37-2)29-28(21)31(23,30(24)39-29)15-16-33(25)40(35,36)22-6-4-3-5-7-22/h3-10,12-14,17,19,24-25,30H,11,15-16,18H2,1-2H3/b13-8+/t24-,25-,30+,31?/m1/s1. The highest BCUT2D eigenvalue weighted by molar-refractivity contribution is 7.89. The Balaban J connectivity index is 1.32. The van der Waals surface area contributed by atoms with Crippen LogP contribution in [0, 0.1) is 0 Å². The van der Waals surface area contributed by atoms with E-state index in [0.717, 1.165) is 28.0 Å². The number of ether oxygens (including phenoxy) is 2. The highest BCUT2D eigenvalue weighted by Gasteiger charge is 2.64. The molecule has 0 saturated carbocycles. The van der Waals surface area contributed by atoms with E-state index in [-0.39, 0.29) is 24.1 Å². The predicted octanol–water partition coefficient (Wildman–Crippen LogP) is 4.18. The number of likely N-dealkylation sites (N-methyl/N-ethyl adjacent to an activating group) is 1. The second-order valence-electron chi connectivity index (χ2n) is 10.8. The summed E-state index contributed by atoms with van der Waals surface area (Å²) in [5.41, 5.74) is 3.52. The molecule has 1 saturated heterocycles. The first kappa shape index (κ1) is 25.2. The van der Waals surface area contributed by atoms with Gasteiger partial charge in [0.15, 0.2) is 11.5 Å². The van der Waals surface area contributed by atoms with Crippen LogP contribution in [0.25, 0.3) is 6.08 Å². The summed E-state index contributed by atoms with van der Waals surface area (Å²) in [5.74, 6) is 1.24. The van der Waals surface area contributed by atoms with Crippen LogP contribution in [0.4, 0.5) is 0 Å². The summed E-state index contributed by atoms with van der Waals surface area (Å²) in [5, 5.41) is 0. The lowest BCUT2D eigenvalue weighted by Crippen LogP contribution is -2.65. The van der Waals surface area contributed by atoms with Gasteiger partial charge in [-0.1, -0.05) is 30.3 Å². The van der Waals surface area contributed by atoms with Crippen LogP contribution in [-0.4, -0.2) is 62.4 Å². The smallest absolute Gasteiger partial charge is 0.246 e. The lowest BCUT2D eigenvalue weighted by molar-refractivity contribution is -0.129. The summed E-state index contributed by atoms with van der Waals surface area (Å²) in [6, 6.07) is 13.8. The number of rotatable bonds is 6. The molecule has 8 nitrogen and oxygen atoms in total. The average molecular weight is 559 g/mol. The van der Waals surface area contributed by atoms with E-state index in [1.54, 1.807) is 71.3 Å². The second-order valence-corrected chi connectivity index (χ2v) is 12.7. The van der Waals surface area contributed by atoms with Gasteiger partial charge in [0, 0.05) is 30.8 Å². The quantitative estimate of drug-likeness (QED) is 0.333. The lowest BCUT2D eigenvalue weighted by Gasteiger charge is -2.55. The Morgan fingerprint density at radius 2 is 2.00 bits per heavy atom. The van der Waals surface area contributed by atoms with Gasteiger partial charge in [-0.15, -0.1) is 0 Å². The van der Waals surface area contributed by atoms with Gasteiger partial charge < -0.3 is 18.8 Å². The Morgan fingerprint density at radius 3 is 2.75 bits per heavy atom. The summed E-state index contributed by atoms with van der Waals surface area (Å²) in [6.45, 7) is 0.361. The van der Waals surface area contributed by atoms with Crippen molar-refractivity contribution in [2.24, 2.45) is 0 Å². The minimum atomic E-state index is -3.71. The predicted molar refractivity (Wildman–Crippen MR) is 149 cm³/mol. The molecule has 2 aliphatic carbocycles. The number of nitrogens with zero attached hydrogens (tertiary/aromatic N) is 2. The highest BCUT2D eigenvalue weighted by Crippen LogP contribution is 2.63. The number of piperidine rings is 1. The molecule has 9 heteroatoms. The number of carbonyl (C=O) groups is 1. The minimum Gasteiger partial charge on any atom is -0.493 e. The van der Waals surface area contributed by atoms with Crippen molar-refractivity contribution in [3.63, 3.8) is 0 Å². The van der Waals surface area contributed by atoms with E-state index in [2.05, 4.69) is 6.08 Å². The van der Waals surface area contributed by atoms with Crippen molar-refractivity contribution >= 4 is 22.0 Å². The number of furan rings is 1. The van der Waals surface area contributed by atoms with Crippen LogP contribution in [0.5, 0.6) is 11.5 Å². The molecule has 3 aromatic rings. The average Bonchev–Trinajstić information content (AvgIpc) is 3.61. The fourth-order valence-electron chi connectivity index (χ4n) is 7.24. The molecule has 2 aromatic carbocycles. The van der Waals surface area contributed by atoms with Gasteiger partial charge in [0.05, 0.1) is 42.0 Å².